The minimum absolute atomic E-state index is 0.0986. The summed E-state index contributed by atoms with van der Waals surface area (Å²) in [5, 5.41) is 3.63. The summed E-state index contributed by atoms with van der Waals surface area (Å²) in [4.78, 5) is 4.14. The molecule has 130 valence electrons. The van der Waals surface area contributed by atoms with Crippen molar-refractivity contribution in [3.63, 3.8) is 0 Å². The average molecular weight is 369 g/mol. The lowest BCUT2D eigenvalue weighted by Crippen LogP contribution is -2.05. The van der Waals surface area contributed by atoms with Crippen molar-refractivity contribution in [1.29, 1.82) is 0 Å². The molecule has 25 heavy (non-hydrogen) atoms. The Morgan fingerprint density at radius 3 is 2.60 bits per heavy atom. The summed E-state index contributed by atoms with van der Waals surface area (Å²) in [5.41, 5.74) is 0.683. The van der Waals surface area contributed by atoms with Crippen molar-refractivity contribution in [2.75, 3.05) is 0 Å². The highest BCUT2D eigenvalue weighted by atomic mass is 35.5. The molecule has 1 aromatic heterocycles. The van der Waals surface area contributed by atoms with Gasteiger partial charge in [-0.2, -0.15) is 18.2 Å². The maximum atomic E-state index is 12.6. The molecule has 0 atom stereocenters. The minimum atomic E-state index is -4.45. The number of rotatable bonds is 4. The second kappa shape index (κ2) is 6.76. The molecule has 0 aliphatic heterocycles. The predicted molar refractivity (Wildman–Crippen MR) is 85.3 cm³/mol. The number of aryl methyl sites for hydroxylation is 1. The van der Waals surface area contributed by atoms with Gasteiger partial charge in [-0.3, -0.25) is 0 Å². The molecule has 1 heterocycles. The summed E-state index contributed by atoms with van der Waals surface area (Å²) in [5.74, 6) is 1.08. The van der Waals surface area contributed by atoms with E-state index in [9.17, 15) is 13.2 Å². The Morgan fingerprint density at radius 2 is 1.96 bits per heavy atom. The topological polar surface area (TPSA) is 48.2 Å². The number of hydrogen-bond donors (Lipinski definition) is 0. The molecule has 0 saturated carbocycles. The van der Waals surface area contributed by atoms with Crippen LogP contribution in [0.25, 0.3) is 11.5 Å². The van der Waals surface area contributed by atoms with Crippen molar-refractivity contribution >= 4 is 11.6 Å². The van der Waals surface area contributed by atoms with Crippen molar-refractivity contribution < 1.29 is 22.4 Å². The smallest absolute Gasteiger partial charge is 0.416 e. The van der Waals surface area contributed by atoms with Crippen LogP contribution in [0.5, 0.6) is 5.75 Å². The largest absolute Gasteiger partial charge is 0.487 e. The Bertz CT molecular complexity index is 894. The molecule has 4 nitrogen and oxygen atoms in total. The van der Waals surface area contributed by atoms with Crippen LogP contribution in [0.15, 0.2) is 47.0 Å². The molecule has 0 spiro atoms. The van der Waals surface area contributed by atoms with E-state index in [1.165, 1.54) is 6.07 Å². The fourth-order valence-electron chi connectivity index (χ4n) is 2.16. The Hall–Kier alpha value is -2.54. The van der Waals surface area contributed by atoms with Crippen molar-refractivity contribution in [3.8, 4) is 17.2 Å². The van der Waals surface area contributed by atoms with Crippen LogP contribution >= 0.6 is 11.6 Å². The van der Waals surface area contributed by atoms with Crippen molar-refractivity contribution in [2.45, 2.75) is 19.7 Å². The zero-order valence-corrected chi connectivity index (χ0v) is 13.7. The third-order valence-corrected chi connectivity index (χ3v) is 3.65. The summed E-state index contributed by atoms with van der Waals surface area (Å²) in [6.45, 7) is 1.85. The molecule has 0 saturated heterocycles. The fourth-order valence-corrected chi connectivity index (χ4v) is 2.40. The van der Waals surface area contributed by atoms with Gasteiger partial charge >= 0.3 is 6.18 Å². The van der Waals surface area contributed by atoms with E-state index >= 15 is 0 Å². The molecule has 0 aliphatic rings. The minimum Gasteiger partial charge on any atom is -0.487 e. The summed E-state index contributed by atoms with van der Waals surface area (Å²) >= 11 is 5.87. The van der Waals surface area contributed by atoms with Crippen LogP contribution in [-0.4, -0.2) is 10.1 Å². The number of ether oxygens (including phenoxy) is 1. The van der Waals surface area contributed by atoms with Crippen LogP contribution in [0, 0.1) is 6.92 Å². The lowest BCUT2D eigenvalue weighted by Gasteiger charge is -2.11. The van der Waals surface area contributed by atoms with E-state index in [2.05, 4.69) is 10.1 Å². The average Bonchev–Trinajstić information content (AvgIpc) is 2.99. The van der Waals surface area contributed by atoms with E-state index in [1.807, 2.05) is 12.1 Å². The van der Waals surface area contributed by atoms with Gasteiger partial charge < -0.3 is 9.26 Å². The first-order valence-electron chi connectivity index (χ1n) is 7.22. The highest BCUT2D eigenvalue weighted by molar-refractivity contribution is 6.32. The molecular formula is C17H12ClF3N2O2. The fraction of sp³-hybridized carbons (Fsp3) is 0.176. The zero-order valence-electron chi connectivity index (χ0n) is 13.0. The molecular weight excluding hydrogens is 357 g/mol. The standard InChI is InChI=1S/C17H12ClF3N2O2/c1-10-22-16(25-23-10)12-4-2-3-11(7-12)9-24-15-6-5-13(8-14(15)18)17(19,20)21/h2-8H,9H2,1H3. The molecule has 2 aromatic carbocycles. The van der Waals surface area contributed by atoms with Crippen LogP contribution in [0.3, 0.4) is 0 Å². The number of aromatic nitrogens is 2. The Labute approximate surface area is 146 Å². The third kappa shape index (κ3) is 4.11. The van der Waals surface area contributed by atoms with Crippen LogP contribution in [0.4, 0.5) is 13.2 Å². The number of benzene rings is 2. The van der Waals surface area contributed by atoms with Gasteiger partial charge in [-0.1, -0.05) is 28.9 Å². The van der Waals surface area contributed by atoms with Crippen molar-refractivity contribution in [3.05, 3.63) is 64.4 Å². The number of alkyl halides is 3. The molecule has 0 amide bonds. The first-order chi connectivity index (χ1) is 11.8. The molecule has 0 radical (unpaired) electrons. The van der Waals surface area contributed by atoms with Crippen molar-refractivity contribution in [1.82, 2.24) is 10.1 Å². The second-order valence-electron chi connectivity index (χ2n) is 5.28. The van der Waals surface area contributed by atoms with Gasteiger partial charge in [0.25, 0.3) is 5.89 Å². The summed E-state index contributed by atoms with van der Waals surface area (Å²) in [6, 6.07) is 10.2. The van der Waals surface area contributed by atoms with Gasteiger partial charge in [0, 0.05) is 5.56 Å². The van der Waals surface area contributed by atoms with E-state index in [-0.39, 0.29) is 17.4 Å². The van der Waals surface area contributed by atoms with Gasteiger partial charge in [0.15, 0.2) is 5.82 Å². The molecule has 0 aliphatic carbocycles. The Balaban J connectivity index is 1.74. The molecule has 0 bridgehead atoms. The van der Waals surface area contributed by atoms with Crippen molar-refractivity contribution in [2.24, 2.45) is 0 Å². The highest BCUT2D eigenvalue weighted by Gasteiger charge is 2.31. The summed E-state index contributed by atoms with van der Waals surface area (Å²) in [6.07, 6.45) is -4.45. The van der Waals surface area contributed by atoms with Crippen LogP contribution in [0.2, 0.25) is 5.02 Å². The van der Waals surface area contributed by atoms with E-state index in [4.69, 9.17) is 20.9 Å². The van der Waals surface area contributed by atoms with Gasteiger partial charge in [-0.25, -0.2) is 0 Å². The van der Waals surface area contributed by atoms with Gasteiger partial charge in [-0.05, 0) is 42.8 Å². The zero-order chi connectivity index (χ0) is 18.0. The van der Waals surface area contributed by atoms with E-state index in [0.717, 1.165) is 23.3 Å². The van der Waals surface area contributed by atoms with E-state index < -0.39 is 11.7 Å². The molecule has 8 heteroatoms. The Kier molecular flexibility index (Phi) is 4.67. The molecule has 0 N–H and O–H groups in total. The van der Waals surface area contributed by atoms with E-state index in [0.29, 0.717) is 11.7 Å². The lowest BCUT2D eigenvalue weighted by atomic mass is 10.1. The lowest BCUT2D eigenvalue weighted by molar-refractivity contribution is -0.137. The second-order valence-corrected chi connectivity index (χ2v) is 5.69. The molecule has 0 unspecified atom stereocenters. The SMILES string of the molecule is Cc1noc(-c2cccc(COc3ccc(C(F)(F)F)cc3Cl)c2)n1. The van der Waals surface area contributed by atoms with Crippen LogP contribution < -0.4 is 4.74 Å². The first-order valence-corrected chi connectivity index (χ1v) is 7.60. The number of halogens is 4. The van der Waals surface area contributed by atoms with Gasteiger partial charge in [0.1, 0.15) is 12.4 Å². The Morgan fingerprint density at radius 1 is 1.16 bits per heavy atom. The third-order valence-electron chi connectivity index (χ3n) is 3.36. The monoisotopic (exact) mass is 368 g/mol. The summed E-state index contributed by atoms with van der Waals surface area (Å²) in [7, 11) is 0. The van der Waals surface area contributed by atoms with Gasteiger partial charge in [0.05, 0.1) is 10.6 Å². The maximum Gasteiger partial charge on any atom is 0.416 e. The quantitative estimate of drug-likeness (QED) is 0.627. The van der Waals surface area contributed by atoms with Crippen LogP contribution in [0.1, 0.15) is 17.0 Å². The number of nitrogens with zero attached hydrogens (tertiary/aromatic N) is 2. The first kappa shape index (κ1) is 17.3. The summed E-state index contributed by atoms with van der Waals surface area (Å²) < 4.78 is 48.5. The number of hydrogen-bond acceptors (Lipinski definition) is 4. The highest BCUT2D eigenvalue weighted by Crippen LogP contribution is 2.35. The van der Waals surface area contributed by atoms with Gasteiger partial charge in [-0.15, -0.1) is 0 Å². The van der Waals surface area contributed by atoms with E-state index in [1.54, 1.807) is 19.1 Å². The molecule has 3 aromatic rings. The molecule has 0 fully saturated rings. The predicted octanol–water partition coefficient (Wildman–Crippen LogP) is 5.30. The maximum absolute atomic E-state index is 12.6. The van der Waals surface area contributed by atoms with Gasteiger partial charge in [0.2, 0.25) is 0 Å². The normalized spacial score (nSPS) is 11.6. The molecule has 3 rings (SSSR count). The van der Waals surface area contributed by atoms with Crippen LogP contribution in [-0.2, 0) is 12.8 Å².